The number of aliphatic carboxylic acids is 1. The maximum Gasteiger partial charge on any atom is 0.307 e. The highest BCUT2D eigenvalue weighted by Crippen LogP contribution is 2.45. The zero-order chi connectivity index (χ0) is 23.4. The van der Waals surface area contributed by atoms with Gasteiger partial charge in [-0.1, -0.05) is 55.3 Å². The van der Waals surface area contributed by atoms with Crippen molar-refractivity contribution in [3.63, 3.8) is 0 Å². The first-order chi connectivity index (χ1) is 15.9. The van der Waals surface area contributed by atoms with Gasteiger partial charge in [0.15, 0.2) is 5.13 Å². The molecular weight excluding hydrogens is 456 g/mol. The third kappa shape index (κ3) is 5.61. The summed E-state index contributed by atoms with van der Waals surface area (Å²) < 4.78 is 7.22. The van der Waals surface area contributed by atoms with Crippen molar-refractivity contribution >= 4 is 44.3 Å². The van der Waals surface area contributed by atoms with Gasteiger partial charge >= 0.3 is 5.97 Å². The summed E-state index contributed by atoms with van der Waals surface area (Å²) in [6.45, 7) is 7.26. The number of nitrogens with zero attached hydrogens (tertiary/aromatic N) is 2. The van der Waals surface area contributed by atoms with Crippen molar-refractivity contribution in [1.29, 1.82) is 0 Å². The zero-order valence-electron chi connectivity index (χ0n) is 19.2. The third-order valence-corrected chi connectivity index (χ3v) is 8.46. The Labute approximate surface area is 204 Å². The van der Waals surface area contributed by atoms with Gasteiger partial charge < -0.3 is 14.7 Å². The summed E-state index contributed by atoms with van der Waals surface area (Å²) in [4.78, 5) is 18.2. The van der Waals surface area contributed by atoms with Crippen LogP contribution in [0.25, 0.3) is 10.2 Å². The molecule has 0 spiro atoms. The van der Waals surface area contributed by atoms with Crippen LogP contribution in [-0.2, 0) is 11.2 Å². The summed E-state index contributed by atoms with van der Waals surface area (Å²) in [5, 5.41) is 10.9. The summed E-state index contributed by atoms with van der Waals surface area (Å²) in [5.74, 6) is 0.528. The van der Waals surface area contributed by atoms with Gasteiger partial charge in [-0.25, -0.2) is 4.98 Å². The molecule has 1 aliphatic rings. The minimum absolute atomic E-state index is 0.0157. The lowest BCUT2D eigenvalue weighted by molar-refractivity contribution is -0.136. The molecule has 1 fully saturated rings. The van der Waals surface area contributed by atoms with Crippen molar-refractivity contribution in [3.05, 3.63) is 53.1 Å². The Morgan fingerprint density at radius 3 is 2.79 bits per heavy atom. The summed E-state index contributed by atoms with van der Waals surface area (Å²) in [6, 6.07) is 13.3. The predicted octanol–water partition coefficient (Wildman–Crippen LogP) is 6.68. The molecule has 0 bridgehead atoms. The van der Waals surface area contributed by atoms with Crippen LogP contribution in [0, 0.1) is 11.3 Å². The maximum atomic E-state index is 11.0. The molecule has 2 heterocycles. The van der Waals surface area contributed by atoms with Crippen molar-refractivity contribution in [3.8, 4) is 5.75 Å². The molecule has 7 heteroatoms. The molecule has 1 aliphatic heterocycles. The molecular formula is C26H31ClN2O3S. The van der Waals surface area contributed by atoms with Crippen LogP contribution in [0.15, 0.2) is 42.5 Å². The van der Waals surface area contributed by atoms with Crippen molar-refractivity contribution in [2.75, 3.05) is 24.6 Å². The van der Waals surface area contributed by atoms with Crippen LogP contribution in [0.4, 0.5) is 5.13 Å². The van der Waals surface area contributed by atoms with Crippen LogP contribution in [0.3, 0.4) is 0 Å². The third-order valence-electron chi connectivity index (χ3n) is 7.15. The van der Waals surface area contributed by atoms with Crippen LogP contribution in [0.5, 0.6) is 5.75 Å². The van der Waals surface area contributed by atoms with E-state index >= 15 is 0 Å². The fraction of sp³-hybridized carbons (Fsp3) is 0.462. The number of halogens is 1. The van der Waals surface area contributed by atoms with Crippen LogP contribution in [0.2, 0.25) is 5.02 Å². The largest absolute Gasteiger partial charge is 0.494 e. The molecule has 176 valence electrons. The molecule has 1 saturated heterocycles. The van der Waals surface area contributed by atoms with Crippen molar-refractivity contribution in [2.45, 2.75) is 46.0 Å². The molecule has 0 amide bonds. The lowest BCUT2D eigenvalue weighted by Gasteiger charge is -2.45. The number of carbonyl (C=O) groups is 1. The average Bonchev–Trinajstić information content (AvgIpc) is 3.22. The summed E-state index contributed by atoms with van der Waals surface area (Å²) >= 11 is 7.87. The number of benzene rings is 2. The summed E-state index contributed by atoms with van der Waals surface area (Å²) in [6.07, 6.45) is 4.38. The number of hydrogen-bond donors (Lipinski definition) is 1. The van der Waals surface area contributed by atoms with Crippen LogP contribution >= 0.6 is 22.9 Å². The van der Waals surface area contributed by atoms with E-state index in [4.69, 9.17) is 26.4 Å². The van der Waals surface area contributed by atoms with E-state index in [0.29, 0.717) is 12.5 Å². The number of ether oxygens (including phenoxy) is 1. The van der Waals surface area contributed by atoms with Gasteiger partial charge in [-0.3, -0.25) is 4.79 Å². The monoisotopic (exact) mass is 486 g/mol. The summed E-state index contributed by atoms with van der Waals surface area (Å²) in [5.41, 5.74) is 2.02. The molecule has 1 atom stereocenters. The van der Waals surface area contributed by atoms with E-state index < -0.39 is 5.97 Å². The van der Waals surface area contributed by atoms with Gasteiger partial charge in [0.25, 0.3) is 0 Å². The highest BCUT2D eigenvalue weighted by Gasteiger charge is 2.39. The van der Waals surface area contributed by atoms with Crippen LogP contribution in [0.1, 0.15) is 45.1 Å². The number of fused-ring (bicyclic) bond motifs is 1. The standard InChI is InChI=1S/C26H31ClN2O3S/c1-3-18(2)26(11-14-32-21-6-4-5-19(15-21)16-24(30)31)9-12-29(13-10-26)25-28-22-8-7-20(27)17-23(22)33-25/h4-8,15,17-18H,3,9-14,16H2,1-2H3,(H,30,31). The second-order valence-electron chi connectivity index (χ2n) is 9.08. The quantitative estimate of drug-likeness (QED) is 0.365. The summed E-state index contributed by atoms with van der Waals surface area (Å²) in [7, 11) is 0. The Balaban J connectivity index is 1.39. The minimum atomic E-state index is -0.828. The molecule has 1 unspecified atom stereocenters. The van der Waals surface area contributed by atoms with E-state index in [1.54, 1.807) is 11.3 Å². The van der Waals surface area contributed by atoms with Crippen LogP contribution in [-0.4, -0.2) is 35.8 Å². The Morgan fingerprint density at radius 2 is 2.06 bits per heavy atom. The van der Waals surface area contributed by atoms with E-state index in [0.717, 1.165) is 70.5 Å². The van der Waals surface area contributed by atoms with E-state index in [9.17, 15) is 4.79 Å². The second kappa shape index (κ2) is 10.3. The van der Waals surface area contributed by atoms with Crippen molar-refractivity contribution in [2.24, 2.45) is 11.3 Å². The molecule has 33 heavy (non-hydrogen) atoms. The molecule has 1 aromatic heterocycles. The molecule has 4 rings (SSSR count). The SMILES string of the molecule is CCC(C)C1(CCOc2cccc(CC(=O)O)c2)CCN(c2nc3ccc(Cl)cc3s2)CC1. The lowest BCUT2D eigenvalue weighted by atomic mass is 9.66. The van der Waals surface area contributed by atoms with Gasteiger partial charge in [0, 0.05) is 18.1 Å². The minimum Gasteiger partial charge on any atom is -0.494 e. The van der Waals surface area contributed by atoms with Gasteiger partial charge in [-0.2, -0.15) is 0 Å². The fourth-order valence-corrected chi connectivity index (χ4v) is 6.17. The highest BCUT2D eigenvalue weighted by molar-refractivity contribution is 7.22. The molecule has 3 aromatic rings. The molecule has 0 aliphatic carbocycles. The Bertz CT molecular complexity index is 1110. The van der Waals surface area contributed by atoms with Gasteiger partial charge in [0.1, 0.15) is 5.75 Å². The number of piperidine rings is 1. The van der Waals surface area contributed by atoms with Gasteiger partial charge in [0.2, 0.25) is 0 Å². The number of carboxylic acids is 1. The number of rotatable bonds is 9. The molecule has 1 N–H and O–H groups in total. The zero-order valence-corrected chi connectivity index (χ0v) is 20.8. The van der Waals surface area contributed by atoms with E-state index in [-0.39, 0.29) is 11.8 Å². The van der Waals surface area contributed by atoms with Crippen LogP contribution < -0.4 is 9.64 Å². The number of carboxylic acid groups (broad SMARTS) is 1. The maximum absolute atomic E-state index is 11.0. The number of anilines is 1. The molecule has 2 aromatic carbocycles. The van der Waals surface area contributed by atoms with E-state index in [1.807, 2.05) is 42.5 Å². The van der Waals surface area contributed by atoms with Gasteiger partial charge in [0.05, 0.1) is 23.2 Å². The first-order valence-corrected chi connectivity index (χ1v) is 12.8. The first kappa shape index (κ1) is 23.8. The van der Waals surface area contributed by atoms with Gasteiger partial charge in [-0.05, 0) is 66.5 Å². The topological polar surface area (TPSA) is 62.7 Å². The second-order valence-corrected chi connectivity index (χ2v) is 10.5. The predicted molar refractivity (Wildman–Crippen MR) is 136 cm³/mol. The molecule has 0 saturated carbocycles. The average molecular weight is 487 g/mol. The number of hydrogen-bond acceptors (Lipinski definition) is 5. The number of aromatic nitrogens is 1. The Hall–Kier alpha value is -2.31. The smallest absolute Gasteiger partial charge is 0.307 e. The van der Waals surface area contributed by atoms with Crippen molar-refractivity contribution < 1.29 is 14.6 Å². The number of thiazole rings is 1. The highest BCUT2D eigenvalue weighted by atomic mass is 35.5. The normalized spacial score (nSPS) is 16.6. The Kier molecular flexibility index (Phi) is 7.45. The molecule has 0 radical (unpaired) electrons. The fourth-order valence-electron chi connectivity index (χ4n) is 4.88. The first-order valence-electron chi connectivity index (χ1n) is 11.6. The van der Waals surface area contributed by atoms with Gasteiger partial charge in [-0.15, -0.1) is 0 Å². The van der Waals surface area contributed by atoms with Crippen molar-refractivity contribution in [1.82, 2.24) is 4.98 Å². The van der Waals surface area contributed by atoms with E-state index in [1.165, 1.54) is 0 Å². The van der Waals surface area contributed by atoms with E-state index in [2.05, 4.69) is 18.7 Å². The lowest BCUT2D eigenvalue weighted by Crippen LogP contribution is -2.44. The molecule has 5 nitrogen and oxygen atoms in total. The Morgan fingerprint density at radius 1 is 1.27 bits per heavy atom.